The summed E-state index contributed by atoms with van der Waals surface area (Å²) in [6.45, 7) is 1.27. The van der Waals surface area contributed by atoms with E-state index in [1.807, 2.05) is 24.3 Å². The summed E-state index contributed by atoms with van der Waals surface area (Å²) in [6.07, 6.45) is 1.15. The fraction of sp³-hybridized carbons (Fsp3) is 0.0370. The zero-order valence-electron chi connectivity index (χ0n) is 18.6. The number of nitrogens with zero attached hydrogens (tertiary/aromatic N) is 3. The SMILES string of the molecule is CC(=O)N1C(=O)/C(=C\c2c(O)c3ccccc3oc2=O)N=C(c2ccccc2)N1c1ccccc1. The Morgan fingerprint density at radius 2 is 1.54 bits per heavy atom. The Morgan fingerprint density at radius 3 is 2.23 bits per heavy atom. The zero-order valence-corrected chi connectivity index (χ0v) is 18.6. The van der Waals surface area contributed by atoms with Crippen LogP contribution in [0, 0.1) is 0 Å². The van der Waals surface area contributed by atoms with E-state index in [0.29, 0.717) is 22.5 Å². The molecule has 2 heterocycles. The molecule has 1 N–H and O–H groups in total. The lowest BCUT2D eigenvalue weighted by Gasteiger charge is -2.38. The molecule has 4 aromatic rings. The molecule has 1 aliphatic heterocycles. The van der Waals surface area contributed by atoms with Gasteiger partial charge in [-0.05, 0) is 30.3 Å². The molecule has 3 aromatic carbocycles. The van der Waals surface area contributed by atoms with Crippen LogP contribution in [0.2, 0.25) is 0 Å². The Labute approximate surface area is 199 Å². The number of carbonyl (C=O) groups excluding carboxylic acids is 2. The van der Waals surface area contributed by atoms with Crippen molar-refractivity contribution in [1.29, 1.82) is 0 Å². The normalized spacial score (nSPS) is 14.9. The lowest BCUT2D eigenvalue weighted by Crippen LogP contribution is -2.55. The second-order valence-corrected chi connectivity index (χ2v) is 7.76. The van der Waals surface area contributed by atoms with Gasteiger partial charge in [0.15, 0.2) is 5.84 Å². The molecule has 8 heteroatoms. The van der Waals surface area contributed by atoms with E-state index in [9.17, 15) is 19.5 Å². The molecule has 0 fully saturated rings. The summed E-state index contributed by atoms with van der Waals surface area (Å²) in [4.78, 5) is 43.4. The number of benzene rings is 3. The number of rotatable bonds is 3. The smallest absolute Gasteiger partial charge is 0.347 e. The van der Waals surface area contributed by atoms with Gasteiger partial charge in [-0.25, -0.2) is 14.8 Å². The third-order valence-corrected chi connectivity index (χ3v) is 5.47. The molecule has 1 aromatic heterocycles. The van der Waals surface area contributed by atoms with Crippen LogP contribution in [-0.4, -0.2) is 27.8 Å². The van der Waals surface area contributed by atoms with Crippen LogP contribution in [0.5, 0.6) is 5.75 Å². The van der Waals surface area contributed by atoms with E-state index in [-0.39, 0.29) is 22.6 Å². The van der Waals surface area contributed by atoms with E-state index in [4.69, 9.17) is 4.42 Å². The summed E-state index contributed by atoms with van der Waals surface area (Å²) in [5.41, 5.74) is 0.115. The predicted octanol–water partition coefficient (Wildman–Crippen LogP) is 4.10. The van der Waals surface area contributed by atoms with E-state index in [1.165, 1.54) is 11.9 Å². The topological polar surface area (TPSA) is 103 Å². The number of aromatic hydroxyl groups is 1. The Morgan fingerprint density at radius 1 is 0.914 bits per heavy atom. The molecular formula is C27H19N3O5. The lowest BCUT2D eigenvalue weighted by atomic mass is 10.1. The lowest BCUT2D eigenvalue weighted by molar-refractivity contribution is -0.141. The highest BCUT2D eigenvalue weighted by molar-refractivity contribution is 6.21. The molecule has 0 unspecified atom stereocenters. The summed E-state index contributed by atoms with van der Waals surface area (Å²) in [5.74, 6) is -1.35. The maximum atomic E-state index is 13.5. The van der Waals surface area contributed by atoms with Gasteiger partial charge in [-0.3, -0.25) is 9.59 Å². The van der Waals surface area contributed by atoms with E-state index in [2.05, 4.69) is 4.99 Å². The molecule has 0 saturated heterocycles. The van der Waals surface area contributed by atoms with Gasteiger partial charge in [-0.15, -0.1) is 0 Å². The van der Waals surface area contributed by atoms with Crippen molar-refractivity contribution in [2.24, 2.45) is 4.99 Å². The van der Waals surface area contributed by atoms with Crippen LogP contribution in [-0.2, 0) is 9.59 Å². The number of amides is 2. The Hall–Kier alpha value is -4.98. The number of hydrogen-bond donors (Lipinski definition) is 1. The van der Waals surface area contributed by atoms with Crippen molar-refractivity contribution in [2.75, 3.05) is 5.01 Å². The number of amidine groups is 1. The fourth-order valence-corrected chi connectivity index (χ4v) is 3.87. The van der Waals surface area contributed by atoms with Crippen LogP contribution in [0.3, 0.4) is 0 Å². The molecule has 0 aliphatic carbocycles. The molecule has 0 spiro atoms. The third kappa shape index (κ3) is 3.87. The minimum atomic E-state index is -0.835. The number of imide groups is 1. The maximum absolute atomic E-state index is 13.5. The van der Waals surface area contributed by atoms with Crippen LogP contribution >= 0.6 is 0 Å². The van der Waals surface area contributed by atoms with Gasteiger partial charge < -0.3 is 9.52 Å². The van der Waals surface area contributed by atoms with Gasteiger partial charge in [0.1, 0.15) is 22.6 Å². The highest BCUT2D eigenvalue weighted by Crippen LogP contribution is 2.31. The maximum Gasteiger partial charge on any atom is 0.347 e. The first-order valence-corrected chi connectivity index (χ1v) is 10.8. The van der Waals surface area contributed by atoms with Gasteiger partial charge >= 0.3 is 5.63 Å². The van der Waals surface area contributed by atoms with Crippen LogP contribution in [0.1, 0.15) is 18.1 Å². The summed E-state index contributed by atoms with van der Waals surface area (Å²) >= 11 is 0. The monoisotopic (exact) mass is 465 g/mol. The number of carbonyl (C=O) groups is 2. The highest BCUT2D eigenvalue weighted by Gasteiger charge is 2.37. The second-order valence-electron chi connectivity index (χ2n) is 7.76. The molecule has 35 heavy (non-hydrogen) atoms. The molecule has 8 nitrogen and oxygen atoms in total. The number of para-hydroxylation sites is 2. The number of hydrazine groups is 1. The van der Waals surface area contributed by atoms with Crippen molar-refractivity contribution >= 4 is 40.4 Å². The Kier molecular flexibility index (Phi) is 5.46. The van der Waals surface area contributed by atoms with Gasteiger partial charge in [0.25, 0.3) is 5.91 Å². The van der Waals surface area contributed by atoms with Crippen molar-refractivity contribution in [2.45, 2.75) is 6.92 Å². The summed E-state index contributed by atoms with van der Waals surface area (Å²) in [6, 6.07) is 24.4. The first kappa shape index (κ1) is 21.8. The number of fused-ring (bicyclic) bond motifs is 1. The summed E-state index contributed by atoms with van der Waals surface area (Å²) in [5, 5.41) is 13.5. The largest absolute Gasteiger partial charge is 0.506 e. The Bertz CT molecular complexity index is 1570. The van der Waals surface area contributed by atoms with E-state index < -0.39 is 17.4 Å². The highest BCUT2D eigenvalue weighted by atomic mass is 16.4. The van der Waals surface area contributed by atoms with Crippen LogP contribution in [0.15, 0.2) is 105 Å². The van der Waals surface area contributed by atoms with E-state index in [1.54, 1.807) is 60.7 Å². The van der Waals surface area contributed by atoms with E-state index in [0.717, 1.165) is 11.1 Å². The minimum absolute atomic E-state index is 0.205. The van der Waals surface area contributed by atoms with Crippen molar-refractivity contribution in [3.05, 3.63) is 112 Å². The number of hydrogen-bond acceptors (Lipinski definition) is 7. The van der Waals surface area contributed by atoms with E-state index >= 15 is 0 Å². The van der Waals surface area contributed by atoms with Gasteiger partial charge in [-0.1, -0.05) is 60.7 Å². The van der Waals surface area contributed by atoms with Gasteiger partial charge in [0.2, 0.25) is 5.91 Å². The third-order valence-electron chi connectivity index (χ3n) is 5.47. The molecule has 2 amide bonds. The Balaban J connectivity index is 1.77. The van der Waals surface area contributed by atoms with Crippen molar-refractivity contribution in [3.63, 3.8) is 0 Å². The second kappa shape index (κ2) is 8.75. The molecule has 172 valence electrons. The first-order valence-electron chi connectivity index (χ1n) is 10.8. The number of aliphatic imine (C=N–C) groups is 1. The first-order chi connectivity index (χ1) is 17.0. The van der Waals surface area contributed by atoms with Crippen molar-refractivity contribution < 1.29 is 19.1 Å². The molecule has 5 rings (SSSR count). The molecular weight excluding hydrogens is 446 g/mol. The van der Waals surface area contributed by atoms with Gasteiger partial charge in [0.05, 0.1) is 11.1 Å². The molecule has 0 radical (unpaired) electrons. The van der Waals surface area contributed by atoms with Gasteiger partial charge in [0, 0.05) is 12.5 Å². The fourth-order valence-electron chi connectivity index (χ4n) is 3.87. The van der Waals surface area contributed by atoms with Crippen LogP contribution in [0.25, 0.3) is 17.0 Å². The zero-order chi connectivity index (χ0) is 24.5. The standard InChI is InChI=1S/C27H19N3O5/c1-17(31)29-26(33)22(16-21-24(32)20-14-8-9-15-23(20)35-27(21)34)28-25(18-10-4-2-5-11-18)30(29)19-12-6-3-7-13-19/h2-16,32H,1H3/b22-16+. The molecule has 0 atom stereocenters. The molecule has 0 bridgehead atoms. The van der Waals surface area contributed by atoms with Crippen molar-refractivity contribution in [3.8, 4) is 5.75 Å². The van der Waals surface area contributed by atoms with Crippen molar-refractivity contribution in [1.82, 2.24) is 5.01 Å². The average Bonchev–Trinajstić information content (AvgIpc) is 2.88. The minimum Gasteiger partial charge on any atom is -0.506 e. The number of anilines is 1. The van der Waals surface area contributed by atoms with Crippen LogP contribution < -0.4 is 10.6 Å². The average molecular weight is 465 g/mol. The molecule has 1 aliphatic rings. The predicted molar refractivity (Wildman–Crippen MR) is 132 cm³/mol. The summed E-state index contributed by atoms with van der Waals surface area (Å²) in [7, 11) is 0. The summed E-state index contributed by atoms with van der Waals surface area (Å²) < 4.78 is 5.32. The molecule has 0 saturated carbocycles. The quantitative estimate of drug-likeness (QED) is 0.361. The van der Waals surface area contributed by atoms with Gasteiger partial charge in [-0.2, -0.15) is 5.01 Å². The van der Waals surface area contributed by atoms with Crippen LogP contribution in [0.4, 0.5) is 5.69 Å².